The Morgan fingerprint density at radius 2 is 2.04 bits per heavy atom. The molecule has 2 saturated heterocycles. The lowest BCUT2D eigenvalue weighted by atomic mass is 9.96. The fraction of sp³-hybridized carbons (Fsp3) is 0.526. The molecule has 0 saturated carbocycles. The first-order chi connectivity index (χ1) is 11.8. The number of rotatable bonds is 3. The highest BCUT2D eigenvalue weighted by molar-refractivity contribution is 5.91. The fourth-order valence-electron chi connectivity index (χ4n) is 3.96. The van der Waals surface area contributed by atoms with Gasteiger partial charge in [0.1, 0.15) is 5.82 Å². The Hall–Kier alpha value is -1.72. The summed E-state index contributed by atoms with van der Waals surface area (Å²) in [5.74, 6) is 0.455. The standard InChI is InChI=1S/C19H24FN3O/c20-16-3-4-17-18(12-16)21-6-5-19(17)23-7-1-2-15(14-23)13-22-8-10-24-11-9-22/h3-6,12,15H,1-2,7-11,13-14H2. The van der Waals surface area contributed by atoms with Crippen molar-refractivity contribution in [2.75, 3.05) is 50.8 Å². The average molecular weight is 329 g/mol. The molecule has 128 valence electrons. The lowest BCUT2D eigenvalue weighted by Crippen LogP contribution is -2.44. The van der Waals surface area contributed by atoms with Gasteiger partial charge in [0.25, 0.3) is 0 Å². The SMILES string of the molecule is Fc1ccc2c(N3CCCC(CN4CCOCC4)C3)ccnc2c1. The van der Waals surface area contributed by atoms with Crippen molar-refractivity contribution < 1.29 is 9.13 Å². The van der Waals surface area contributed by atoms with Gasteiger partial charge in [-0.1, -0.05) is 0 Å². The highest BCUT2D eigenvalue weighted by Gasteiger charge is 2.24. The molecule has 2 aliphatic rings. The van der Waals surface area contributed by atoms with Crippen LogP contribution in [0.1, 0.15) is 12.8 Å². The van der Waals surface area contributed by atoms with Crippen LogP contribution in [0.4, 0.5) is 10.1 Å². The van der Waals surface area contributed by atoms with Gasteiger partial charge in [0, 0.05) is 56.1 Å². The van der Waals surface area contributed by atoms with Crippen LogP contribution in [0.2, 0.25) is 0 Å². The minimum atomic E-state index is -0.226. The van der Waals surface area contributed by atoms with E-state index < -0.39 is 0 Å². The number of benzene rings is 1. The average Bonchev–Trinajstić information content (AvgIpc) is 2.62. The molecule has 24 heavy (non-hydrogen) atoms. The van der Waals surface area contributed by atoms with Crippen molar-refractivity contribution in [3.05, 3.63) is 36.3 Å². The molecule has 3 heterocycles. The number of anilines is 1. The number of hydrogen-bond acceptors (Lipinski definition) is 4. The summed E-state index contributed by atoms with van der Waals surface area (Å²) in [5.41, 5.74) is 1.93. The summed E-state index contributed by atoms with van der Waals surface area (Å²) in [4.78, 5) is 9.30. The number of nitrogens with zero attached hydrogens (tertiary/aromatic N) is 3. The van der Waals surface area contributed by atoms with Crippen LogP contribution in [-0.4, -0.2) is 55.8 Å². The van der Waals surface area contributed by atoms with Gasteiger partial charge in [0.05, 0.1) is 18.7 Å². The zero-order valence-corrected chi connectivity index (χ0v) is 14.0. The van der Waals surface area contributed by atoms with Crippen molar-refractivity contribution in [3.63, 3.8) is 0 Å². The smallest absolute Gasteiger partial charge is 0.125 e. The summed E-state index contributed by atoms with van der Waals surface area (Å²) >= 11 is 0. The summed E-state index contributed by atoms with van der Waals surface area (Å²) in [5, 5.41) is 1.05. The van der Waals surface area contributed by atoms with Crippen LogP contribution in [0, 0.1) is 11.7 Å². The molecule has 0 spiro atoms. The maximum Gasteiger partial charge on any atom is 0.125 e. The van der Waals surface area contributed by atoms with Crippen molar-refractivity contribution in [2.45, 2.75) is 12.8 Å². The number of fused-ring (bicyclic) bond motifs is 1. The minimum absolute atomic E-state index is 0.226. The molecule has 1 unspecified atom stereocenters. The van der Waals surface area contributed by atoms with E-state index in [4.69, 9.17) is 4.74 Å². The monoisotopic (exact) mass is 329 g/mol. The van der Waals surface area contributed by atoms with Gasteiger partial charge in [-0.25, -0.2) is 4.39 Å². The predicted molar refractivity (Wildman–Crippen MR) is 93.9 cm³/mol. The maximum atomic E-state index is 13.5. The zero-order chi connectivity index (χ0) is 16.4. The number of morpholine rings is 1. The molecular weight excluding hydrogens is 305 g/mol. The topological polar surface area (TPSA) is 28.6 Å². The zero-order valence-electron chi connectivity index (χ0n) is 14.0. The molecule has 4 nitrogen and oxygen atoms in total. The molecule has 0 radical (unpaired) electrons. The van der Waals surface area contributed by atoms with E-state index in [2.05, 4.69) is 20.9 Å². The Morgan fingerprint density at radius 3 is 2.92 bits per heavy atom. The van der Waals surface area contributed by atoms with Crippen LogP contribution in [0.5, 0.6) is 0 Å². The molecule has 0 N–H and O–H groups in total. The Morgan fingerprint density at radius 1 is 1.17 bits per heavy atom. The maximum absolute atomic E-state index is 13.5. The van der Waals surface area contributed by atoms with Crippen molar-refractivity contribution in [1.29, 1.82) is 0 Å². The molecule has 1 atom stereocenters. The largest absolute Gasteiger partial charge is 0.379 e. The second kappa shape index (κ2) is 7.03. The lowest BCUT2D eigenvalue weighted by Gasteiger charge is -2.38. The number of halogens is 1. The molecule has 4 rings (SSSR count). The van der Waals surface area contributed by atoms with Gasteiger partial charge in [0.15, 0.2) is 0 Å². The summed E-state index contributed by atoms with van der Waals surface area (Å²) < 4.78 is 18.9. The van der Waals surface area contributed by atoms with E-state index in [-0.39, 0.29) is 5.82 Å². The molecule has 0 aliphatic carbocycles. The van der Waals surface area contributed by atoms with E-state index in [9.17, 15) is 4.39 Å². The van der Waals surface area contributed by atoms with Crippen molar-refractivity contribution >= 4 is 16.6 Å². The number of pyridine rings is 1. The molecule has 1 aromatic heterocycles. The van der Waals surface area contributed by atoms with E-state index in [1.54, 1.807) is 6.20 Å². The summed E-state index contributed by atoms with van der Waals surface area (Å²) in [6, 6.07) is 6.98. The number of piperidine rings is 1. The van der Waals surface area contributed by atoms with Gasteiger partial charge in [-0.05, 0) is 37.0 Å². The molecule has 2 fully saturated rings. The van der Waals surface area contributed by atoms with Crippen molar-refractivity contribution in [2.24, 2.45) is 5.92 Å². The molecular formula is C19H24FN3O. The van der Waals surface area contributed by atoms with Gasteiger partial charge in [-0.15, -0.1) is 0 Å². The first kappa shape index (κ1) is 15.8. The van der Waals surface area contributed by atoms with Gasteiger partial charge >= 0.3 is 0 Å². The third kappa shape index (κ3) is 3.37. The van der Waals surface area contributed by atoms with E-state index in [0.717, 1.165) is 56.8 Å². The van der Waals surface area contributed by atoms with Crippen LogP contribution in [-0.2, 0) is 4.74 Å². The summed E-state index contributed by atoms with van der Waals surface area (Å²) in [7, 11) is 0. The third-order valence-electron chi connectivity index (χ3n) is 5.16. The summed E-state index contributed by atoms with van der Waals surface area (Å²) in [6.45, 7) is 7.09. The van der Waals surface area contributed by atoms with Crippen LogP contribution in [0.15, 0.2) is 30.5 Å². The Labute approximate surface area is 142 Å². The van der Waals surface area contributed by atoms with Crippen molar-refractivity contribution in [1.82, 2.24) is 9.88 Å². The van der Waals surface area contributed by atoms with Crippen LogP contribution >= 0.6 is 0 Å². The highest BCUT2D eigenvalue weighted by Crippen LogP contribution is 2.30. The van der Waals surface area contributed by atoms with E-state index in [1.165, 1.54) is 30.7 Å². The predicted octanol–water partition coefficient (Wildman–Crippen LogP) is 2.92. The van der Waals surface area contributed by atoms with Gasteiger partial charge in [0.2, 0.25) is 0 Å². The molecule has 1 aromatic carbocycles. The molecule has 2 aliphatic heterocycles. The normalized spacial score (nSPS) is 22.9. The molecule has 5 heteroatoms. The van der Waals surface area contributed by atoms with Gasteiger partial charge < -0.3 is 9.64 Å². The molecule has 2 aromatic rings. The van der Waals surface area contributed by atoms with Crippen LogP contribution in [0.25, 0.3) is 10.9 Å². The van der Waals surface area contributed by atoms with E-state index in [1.807, 2.05) is 6.07 Å². The Kier molecular flexibility index (Phi) is 4.63. The first-order valence-corrected chi connectivity index (χ1v) is 8.89. The Balaban J connectivity index is 1.51. The van der Waals surface area contributed by atoms with Crippen LogP contribution in [0.3, 0.4) is 0 Å². The van der Waals surface area contributed by atoms with Crippen molar-refractivity contribution in [3.8, 4) is 0 Å². The summed E-state index contributed by atoms with van der Waals surface area (Å²) in [6.07, 6.45) is 4.29. The molecule has 0 bridgehead atoms. The van der Waals surface area contributed by atoms with Gasteiger partial charge in [-0.2, -0.15) is 0 Å². The lowest BCUT2D eigenvalue weighted by molar-refractivity contribution is 0.0296. The quantitative estimate of drug-likeness (QED) is 0.866. The minimum Gasteiger partial charge on any atom is -0.379 e. The van der Waals surface area contributed by atoms with E-state index in [0.29, 0.717) is 5.92 Å². The molecule has 0 amide bonds. The van der Waals surface area contributed by atoms with E-state index >= 15 is 0 Å². The number of hydrogen-bond donors (Lipinski definition) is 0. The second-order valence-corrected chi connectivity index (χ2v) is 6.86. The number of aromatic nitrogens is 1. The first-order valence-electron chi connectivity index (χ1n) is 8.89. The van der Waals surface area contributed by atoms with Crippen LogP contribution < -0.4 is 4.90 Å². The fourth-order valence-corrected chi connectivity index (χ4v) is 3.96. The highest BCUT2D eigenvalue weighted by atomic mass is 19.1. The van der Waals surface area contributed by atoms with Gasteiger partial charge in [-0.3, -0.25) is 9.88 Å². The third-order valence-corrected chi connectivity index (χ3v) is 5.16. The second-order valence-electron chi connectivity index (χ2n) is 6.86. The Bertz CT molecular complexity index is 702. The number of ether oxygens (including phenoxy) is 1.